The van der Waals surface area contributed by atoms with Crippen molar-refractivity contribution in [1.29, 1.82) is 0 Å². The Morgan fingerprint density at radius 3 is 2.53 bits per heavy atom. The molecule has 2 amide bonds. The number of likely N-dealkylation sites (tertiary alicyclic amines) is 1. The molecule has 1 N–H and O–H groups in total. The second kappa shape index (κ2) is 6.62. The number of rotatable bonds is 6. The molecule has 1 rings (SSSR count). The van der Waals surface area contributed by atoms with Gasteiger partial charge in [-0.25, -0.2) is 0 Å². The molecule has 1 atom stereocenters. The Morgan fingerprint density at radius 2 is 2.06 bits per heavy atom. The first-order valence-corrected chi connectivity index (χ1v) is 6.67. The van der Waals surface area contributed by atoms with Crippen LogP contribution in [0.3, 0.4) is 0 Å². The summed E-state index contributed by atoms with van der Waals surface area (Å²) in [5.41, 5.74) is 0. The number of nitrogens with zero attached hydrogens (tertiary/aromatic N) is 1. The summed E-state index contributed by atoms with van der Waals surface area (Å²) >= 11 is 0. The summed E-state index contributed by atoms with van der Waals surface area (Å²) in [6.07, 6.45) is 2.55. The molecule has 0 saturated carbocycles. The molecular formula is C13H24N2O2. The van der Waals surface area contributed by atoms with Crippen molar-refractivity contribution in [3.8, 4) is 0 Å². The monoisotopic (exact) mass is 240 g/mol. The SMILES string of the molecule is CCC(CC)CNC(=O)C1CC(=O)N(CC)C1. The van der Waals surface area contributed by atoms with Gasteiger partial charge in [0.2, 0.25) is 11.8 Å². The Kier molecular flexibility index (Phi) is 5.45. The average Bonchev–Trinajstić information content (AvgIpc) is 2.71. The summed E-state index contributed by atoms with van der Waals surface area (Å²) in [4.78, 5) is 25.2. The fourth-order valence-electron chi connectivity index (χ4n) is 2.22. The van der Waals surface area contributed by atoms with Gasteiger partial charge in [-0.05, 0) is 12.8 Å². The first-order valence-electron chi connectivity index (χ1n) is 6.67. The van der Waals surface area contributed by atoms with E-state index in [0.29, 0.717) is 25.4 Å². The molecule has 0 bridgehead atoms. The van der Waals surface area contributed by atoms with E-state index < -0.39 is 0 Å². The molecule has 0 spiro atoms. The third-order valence-corrected chi connectivity index (χ3v) is 3.69. The normalized spacial score (nSPS) is 20.1. The van der Waals surface area contributed by atoms with Gasteiger partial charge in [-0.3, -0.25) is 9.59 Å². The van der Waals surface area contributed by atoms with Crippen molar-refractivity contribution in [1.82, 2.24) is 10.2 Å². The van der Waals surface area contributed by atoms with Gasteiger partial charge in [-0.1, -0.05) is 26.7 Å². The predicted molar refractivity (Wildman–Crippen MR) is 67.4 cm³/mol. The topological polar surface area (TPSA) is 49.4 Å². The van der Waals surface area contributed by atoms with Crippen molar-refractivity contribution < 1.29 is 9.59 Å². The zero-order valence-electron chi connectivity index (χ0n) is 11.2. The molecule has 1 aliphatic rings. The van der Waals surface area contributed by atoms with Crippen LogP contribution in [0.25, 0.3) is 0 Å². The quantitative estimate of drug-likeness (QED) is 0.763. The molecule has 17 heavy (non-hydrogen) atoms. The first kappa shape index (κ1) is 14.0. The van der Waals surface area contributed by atoms with Crippen LogP contribution < -0.4 is 5.32 Å². The Bertz CT molecular complexity index is 275. The minimum atomic E-state index is -0.142. The Balaban J connectivity index is 2.36. The van der Waals surface area contributed by atoms with E-state index in [9.17, 15) is 9.59 Å². The van der Waals surface area contributed by atoms with Crippen molar-refractivity contribution in [2.75, 3.05) is 19.6 Å². The maximum absolute atomic E-state index is 11.9. The molecule has 1 aliphatic heterocycles. The summed E-state index contributed by atoms with van der Waals surface area (Å²) in [5, 5.41) is 2.97. The predicted octanol–water partition coefficient (Wildman–Crippen LogP) is 1.41. The molecule has 1 unspecified atom stereocenters. The van der Waals surface area contributed by atoms with E-state index in [1.165, 1.54) is 0 Å². The van der Waals surface area contributed by atoms with E-state index >= 15 is 0 Å². The van der Waals surface area contributed by atoms with Crippen LogP contribution >= 0.6 is 0 Å². The smallest absolute Gasteiger partial charge is 0.225 e. The highest BCUT2D eigenvalue weighted by atomic mass is 16.2. The maximum atomic E-state index is 11.9. The van der Waals surface area contributed by atoms with E-state index in [2.05, 4.69) is 19.2 Å². The lowest BCUT2D eigenvalue weighted by molar-refractivity contribution is -0.128. The van der Waals surface area contributed by atoms with E-state index in [4.69, 9.17) is 0 Å². The number of nitrogens with one attached hydrogen (secondary N) is 1. The summed E-state index contributed by atoms with van der Waals surface area (Å²) in [5.74, 6) is 0.562. The van der Waals surface area contributed by atoms with Gasteiger partial charge in [0.15, 0.2) is 0 Å². The zero-order chi connectivity index (χ0) is 12.8. The van der Waals surface area contributed by atoms with Crippen LogP contribution in [0.4, 0.5) is 0 Å². The van der Waals surface area contributed by atoms with Crippen molar-refractivity contribution in [2.45, 2.75) is 40.0 Å². The molecule has 1 heterocycles. The van der Waals surface area contributed by atoms with Crippen LogP contribution in [-0.4, -0.2) is 36.3 Å². The molecular weight excluding hydrogens is 216 g/mol. The van der Waals surface area contributed by atoms with E-state index in [0.717, 1.165) is 19.4 Å². The highest BCUT2D eigenvalue weighted by Gasteiger charge is 2.33. The maximum Gasteiger partial charge on any atom is 0.225 e. The van der Waals surface area contributed by atoms with Gasteiger partial charge in [-0.2, -0.15) is 0 Å². The van der Waals surface area contributed by atoms with Gasteiger partial charge in [0.05, 0.1) is 5.92 Å². The van der Waals surface area contributed by atoms with Crippen LogP contribution in [0.15, 0.2) is 0 Å². The molecule has 0 aromatic heterocycles. The lowest BCUT2D eigenvalue weighted by Gasteiger charge is -2.16. The summed E-state index contributed by atoms with van der Waals surface area (Å²) in [6, 6.07) is 0. The van der Waals surface area contributed by atoms with Crippen LogP contribution in [0, 0.1) is 11.8 Å². The largest absolute Gasteiger partial charge is 0.356 e. The Labute approximate surface area is 104 Å². The lowest BCUT2D eigenvalue weighted by atomic mass is 10.0. The molecule has 0 aromatic rings. The van der Waals surface area contributed by atoms with E-state index in [1.54, 1.807) is 4.90 Å². The van der Waals surface area contributed by atoms with Gasteiger partial charge in [-0.15, -0.1) is 0 Å². The van der Waals surface area contributed by atoms with Crippen molar-refractivity contribution >= 4 is 11.8 Å². The van der Waals surface area contributed by atoms with Crippen LogP contribution in [-0.2, 0) is 9.59 Å². The average molecular weight is 240 g/mol. The molecule has 1 saturated heterocycles. The zero-order valence-corrected chi connectivity index (χ0v) is 11.2. The van der Waals surface area contributed by atoms with Crippen LogP contribution in [0.5, 0.6) is 0 Å². The minimum Gasteiger partial charge on any atom is -0.356 e. The van der Waals surface area contributed by atoms with Gasteiger partial charge >= 0.3 is 0 Å². The fraction of sp³-hybridized carbons (Fsp3) is 0.846. The molecule has 98 valence electrons. The van der Waals surface area contributed by atoms with Crippen LogP contribution in [0.1, 0.15) is 40.0 Å². The Morgan fingerprint density at radius 1 is 1.41 bits per heavy atom. The van der Waals surface area contributed by atoms with Gasteiger partial charge < -0.3 is 10.2 Å². The molecule has 4 heteroatoms. The third kappa shape index (κ3) is 3.72. The van der Waals surface area contributed by atoms with Gasteiger partial charge in [0, 0.05) is 26.1 Å². The molecule has 1 fully saturated rings. The molecule has 0 aromatic carbocycles. The summed E-state index contributed by atoms with van der Waals surface area (Å²) in [6.45, 7) is 8.25. The number of amides is 2. The third-order valence-electron chi connectivity index (χ3n) is 3.69. The standard InChI is InChI=1S/C13H24N2O2/c1-4-10(5-2)8-14-13(17)11-7-12(16)15(6-3)9-11/h10-11H,4-9H2,1-3H3,(H,14,17). The number of carbonyl (C=O) groups is 2. The second-order valence-electron chi connectivity index (χ2n) is 4.76. The fourth-order valence-corrected chi connectivity index (χ4v) is 2.22. The first-order chi connectivity index (χ1) is 8.12. The van der Waals surface area contributed by atoms with E-state index in [-0.39, 0.29) is 17.7 Å². The van der Waals surface area contributed by atoms with Crippen molar-refractivity contribution in [3.63, 3.8) is 0 Å². The van der Waals surface area contributed by atoms with Crippen LogP contribution in [0.2, 0.25) is 0 Å². The van der Waals surface area contributed by atoms with Gasteiger partial charge in [0.25, 0.3) is 0 Å². The van der Waals surface area contributed by atoms with Crippen molar-refractivity contribution in [2.24, 2.45) is 11.8 Å². The number of hydrogen-bond acceptors (Lipinski definition) is 2. The molecule has 4 nitrogen and oxygen atoms in total. The summed E-state index contributed by atoms with van der Waals surface area (Å²) < 4.78 is 0. The van der Waals surface area contributed by atoms with Crippen molar-refractivity contribution in [3.05, 3.63) is 0 Å². The van der Waals surface area contributed by atoms with Gasteiger partial charge in [0.1, 0.15) is 0 Å². The number of hydrogen-bond donors (Lipinski definition) is 1. The second-order valence-corrected chi connectivity index (χ2v) is 4.76. The molecule has 0 radical (unpaired) electrons. The Hall–Kier alpha value is -1.06. The number of carbonyl (C=O) groups excluding carboxylic acids is 2. The lowest BCUT2D eigenvalue weighted by Crippen LogP contribution is -2.35. The van der Waals surface area contributed by atoms with E-state index in [1.807, 2.05) is 6.92 Å². The summed E-state index contributed by atoms with van der Waals surface area (Å²) in [7, 11) is 0. The highest BCUT2D eigenvalue weighted by molar-refractivity contribution is 5.89. The minimum absolute atomic E-state index is 0.0428. The molecule has 0 aliphatic carbocycles. The highest BCUT2D eigenvalue weighted by Crippen LogP contribution is 2.17.